The monoisotopic (exact) mass is 155 g/mol. The summed E-state index contributed by atoms with van der Waals surface area (Å²) in [5.74, 6) is 1.43. The highest BCUT2D eigenvalue weighted by atomic mass is 16.3. The number of nitrogens with two attached hydrogens (primary N) is 1. The van der Waals surface area contributed by atoms with E-state index in [0.29, 0.717) is 5.76 Å². The Labute approximate surface area is 65.8 Å². The molecule has 0 aliphatic heterocycles. The molecule has 0 aliphatic rings. The van der Waals surface area contributed by atoms with E-state index in [-0.39, 0.29) is 6.61 Å². The van der Waals surface area contributed by atoms with E-state index in [1.54, 1.807) is 13.0 Å². The first-order chi connectivity index (χ1) is 5.06. The molecule has 0 bridgehead atoms. The highest BCUT2D eigenvalue weighted by Crippen LogP contribution is 2.18. The van der Waals surface area contributed by atoms with Crippen molar-refractivity contribution in [2.24, 2.45) is 5.73 Å². The summed E-state index contributed by atoms with van der Waals surface area (Å²) in [7, 11) is 0. The van der Waals surface area contributed by atoms with E-state index < -0.39 is 5.54 Å². The van der Waals surface area contributed by atoms with Gasteiger partial charge < -0.3 is 15.3 Å². The molecule has 0 aromatic carbocycles. The molecule has 1 heterocycles. The standard InChI is InChI=1S/C8H13NO2/c1-6-3-4-7(11-6)8(2,9)5-10/h3-4,10H,5,9H2,1-2H3. The zero-order chi connectivity index (χ0) is 8.48. The summed E-state index contributed by atoms with van der Waals surface area (Å²) < 4.78 is 5.25. The molecule has 0 fully saturated rings. The molecule has 3 heteroatoms. The first-order valence-corrected chi connectivity index (χ1v) is 3.53. The summed E-state index contributed by atoms with van der Waals surface area (Å²) in [5.41, 5.74) is 4.95. The maximum atomic E-state index is 8.87. The second kappa shape index (κ2) is 2.68. The molecule has 11 heavy (non-hydrogen) atoms. The average molecular weight is 155 g/mol. The Kier molecular flexibility index (Phi) is 2.02. The Morgan fingerprint density at radius 1 is 1.64 bits per heavy atom. The van der Waals surface area contributed by atoms with E-state index in [1.807, 2.05) is 13.0 Å². The summed E-state index contributed by atoms with van der Waals surface area (Å²) in [6, 6.07) is 3.61. The number of aliphatic hydroxyl groups excluding tert-OH is 1. The molecule has 3 nitrogen and oxygen atoms in total. The summed E-state index contributed by atoms with van der Waals surface area (Å²) in [6.07, 6.45) is 0. The van der Waals surface area contributed by atoms with Crippen LogP contribution < -0.4 is 5.73 Å². The van der Waals surface area contributed by atoms with Crippen LogP contribution in [0, 0.1) is 6.92 Å². The molecule has 62 valence electrons. The van der Waals surface area contributed by atoms with Gasteiger partial charge >= 0.3 is 0 Å². The highest BCUT2D eigenvalue weighted by molar-refractivity contribution is 5.13. The SMILES string of the molecule is Cc1ccc(C(C)(N)CO)o1. The number of hydrogen-bond donors (Lipinski definition) is 2. The van der Waals surface area contributed by atoms with Crippen LogP contribution in [-0.2, 0) is 5.54 Å². The van der Waals surface area contributed by atoms with Crippen LogP contribution in [0.4, 0.5) is 0 Å². The van der Waals surface area contributed by atoms with Crippen molar-refractivity contribution < 1.29 is 9.52 Å². The summed E-state index contributed by atoms with van der Waals surface area (Å²) >= 11 is 0. The van der Waals surface area contributed by atoms with Gasteiger partial charge in [-0.15, -0.1) is 0 Å². The van der Waals surface area contributed by atoms with Gasteiger partial charge in [0.15, 0.2) is 0 Å². The smallest absolute Gasteiger partial charge is 0.126 e. The first-order valence-electron chi connectivity index (χ1n) is 3.53. The van der Waals surface area contributed by atoms with Crippen LogP contribution in [0.15, 0.2) is 16.5 Å². The number of hydrogen-bond acceptors (Lipinski definition) is 3. The molecule has 0 spiro atoms. The lowest BCUT2D eigenvalue weighted by atomic mass is 10.0. The molecule has 0 saturated carbocycles. The van der Waals surface area contributed by atoms with Crippen molar-refractivity contribution in [1.29, 1.82) is 0 Å². The van der Waals surface area contributed by atoms with Crippen molar-refractivity contribution in [2.75, 3.05) is 6.61 Å². The van der Waals surface area contributed by atoms with Gasteiger partial charge in [-0.05, 0) is 26.0 Å². The Morgan fingerprint density at radius 3 is 2.64 bits per heavy atom. The van der Waals surface area contributed by atoms with Gasteiger partial charge in [0.2, 0.25) is 0 Å². The number of furan rings is 1. The molecule has 1 rings (SSSR count). The average Bonchev–Trinajstić information content (AvgIpc) is 2.36. The number of aryl methyl sites for hydroxylation is 1. The van der Waals surface area contributed by atoms with E-state index in [2.05, 4.69) is 0 Å². The Bertz CT molecular complexity index is 240. The molecule has 0 radical (unpaired) electrons. The lowest BCUT2D eigenvalue weighted by Crippen LogP contribution is -2.36. The molecule has 3 N–H and O–H groups in total. The predicted molar refractivity (Wildman–Crippen MR) is 42.1 cm³/mol. The van der Waals surface area contributed by atoms with Crippen molar-refractivity contribution >= 4 is 0 Å². The van der Waals surface area contributed by atoms with Gasteiger partial charge in [0.1, 0.15) is 11.5 Å². The van der Waals surface area contributed by atoms with Crippen molar-refractivity contribution in [3.8, 4) is 0 Å². The Morgan fingerprint density at radius 2 is 2.27 bits per heavy atom. The topological polar surface area (TPSA) is 59.4 Å². The third kappa shape index (κ3) is 1.61. The summed E-state index contributed by atoms with van der Waals surface area (Å²) in [4.78, 5) is 0. The van der Waals surface area contributed by atoms with Crippen molar-refractivity contribution in [1.82, 2.24) is 0 Å². The van der Waals surface area contributed by atoms with Gasteiger partial charge in [-0.2, -0.15) is 0 Å². The molecular weight excluding hydrogens is 142 g/mol. The third-order valence-corrected chi connectivity index (χ3v) is 1.63. The van der Waals surface area contributed by atoms with Crippen LogP contribution >= 0.6 is 0 Å². The molecular formula is C8H13NO2. The van der Waals surface area contributed by atoms with Gasteiger partial charge in [-0.25, -0.2) is 0 Å². The van der Waals surface area contributed by atoms with Gasteiger partial charge in [0.05, 0.1) is 12.1 Å². The fourth-order valence-corrected chi connectivity index (χ4v) is 0.819. The number of aliphatic hydroxyl groups is 1. The highest BCUT2D eigenvalue weighted by Gasteiger charge is 2.23. The lowest BCUT2D eigenvalue weighted by Gasteiger charge is -2.17. The van der Waals surface area contributed by atoms with E-state index in [1.165, 1.54) is 0 Å². The largest absolute Gasteiger partial charge is 0.464 e. The Balaban J connectivity index is 2.92. The predicted octanol–water partition coefficient (Wildman–Crippen LogP) is 0.754. The van der Waals surface area contributed by atoms with Gasteiger partial charge in [0, 0.05) is 0 Å². The minimum absolute atomic E-state index is 0.111. The van der Waals surface area contributed by atoms with Gasteiger partial charge in [-0.3, -0.25) is 0 Å². The fourth-order valence-electron chi connectivity index (χ4n) is 0.819. The molecule has 1 atom stereocenters. The first kappa shape index (κ1) is 8.30. The van der Waals surface area contributed by atoms with E-state index in [4.69, 9.17) is 15.3 Å². The van der Waals surface area contributed by atoms with Gasteiger partial charge in [-0.1, -0.05) is 0 Å². The zero-order valence-corrected chi connectivity index (χ0v) is 6.79. The van der Waals surface area contributed by atoms with Crippen molar-refractivity contribution in [3.63, 3.8) is 0 Å². The van der Waals surface area contributed by atoms with Crippen LogP contribution in [-0.4, -0.2) is 11.7 Å². The molecule has 1 aromatic heterocycles. The van der Waals surface area contributed by atoms with Crippen molar-refractivity contribution in [3.05, 3.63) is 23.7 Å². The fraction of sp³-hybridized carbons (Fsp3) is 0.500. The summed E-state index contributed by atoms with van der Waals surface area (Å²) in [5, 5.41) is 8.87. The molecule has 1 aromatic rings. The molecule has 0 amide bonds. The minimum Gasteiger partial charge on any atom is -0.464 e. The maximum absolute atomic E-state index is 8.87. The van der Waals surface area contributed by atoms with Crippen LogP contribution in [0.3, 0.4) is 0 Å². The molecule has 0 saturated heterocycles. The number of rotatable bonds is 2. The Hall–Kier alpha value is -0.800. The van der Waals surface area contributed by atoms with E-state index in [9.17, 15) is 0 Å². The van der Waals surface area contributed by atoms with Crippen LogP contribution in [0.1, 0.15) is 18.4 Å². The van der Waals surface area contributed by atoms with E-state index >= 15 is 0 Å². The minimum atomic E-state index is -0.756. The second-order valence-corrected chi connectivity index (χ2v) is 2.99. The van der Waals surface area contributed by atoms with Crippen LogP contribution in [0.25, 0.3) is 0 Å². The van der Waals surface area contributed by atoms with Crippen LogP contribution in [0.2, 0.25) is 0 Å². The normalized spacial score (nSPS) is 16.4. The van der Waals surface area contributed by atoms with E-state index in [0.717, 1.165) is 5.76 Å². The second-order valence-electron chi connectivity index (χ2n) is 2.99. The van der Waals surface area contributed by atoms with Gasteiger partial charge in [0.25, 0.3) is 0 Å². The lowest BCUT2D eigenvalue weighted by molar-refractivity contribution is 0.187. The quantitative estimate of drug-likeness (QED) is 0.662. The zero-order valence-electron chi connectivity index (χ0n) is 6.79. The van der Waals surface area contributed by atoms with Crippen molar-refractivity contribution in [2.45, 2.75) is 19.4 Å². The molecule has 0 aliphatic carbocycles. The molecule has 1 unspecified atom stereocenters. The third-order valence-electron chi connectivity index (χ3n) is 1.63. The van der Waals surface area contributed by atoms with Crippen LogP contribution in [0.5, 0.6) is 0 Å². The maximum Gasteiger partial charge on any atom is 0.126 e. The summed E-state index contributed by atoms with van der Waals surface area (Å²) in [6.45, 7) is 3.46.